The van der Waals surface area contributed by atoms with Crippen LogP contribution in [0.2, 0.25) is 0 Å². The molecule has 132 valence electrons. The maximum Gasteiger partial charge on any atom is 0.282 e. The molecule has 0 unspecified atom stereocenters. The molecule has 1 heterocycles. The normalized spacial score (nSPS) is 14.0. The molecule has 0 aliphatic heterocycles. The van der Waals surface area contributed by atoms with Crippen molar-refractivity contribution in [3.63, 3.8) is 0 Å². The summed E-state index contributed by atoms with van der Waals surface area (Å²) in [6.07, 6.45) is 5.09. The van der Waals surface area contributed by atoms with E-state index in [9.17, 15) is 4.79 Å². The zero-order valence-corrected chi connectivity index (χ0v) is 15.7. The van der Waals surface area contributed by atoms with E-state index < -0.39 is 0 Å². The minimum absolute atomic E-state index is 0.228. The van der Waals surface area contributed by atoms with Crippen molar-refractivity contribution in [3.05, 3.63) is 58.2 Å². The Labute approximate surface area is 156 Å². The summed E-state index contributed by atoms with van der Waals surface area (Å²) in [7, 11) is 1.51. The van der Waals surface area contributed by atoms with E-state index in [0.717, 1.165) is 22.9 Å². The monoisotopic (exact) mass is 404 g/mol. The van der Waals surface area contributed by atoms with Crippen molar-refractivity contribution in [3.8, 4) is 5.88 Å². The minimum Gasteiger partial charge on any atom is -0.480 e. The van der Waals surface area contributed by atoms with E-state index in [2.05, 4.69) is 20.9 Å². The van der Waals surface area contributed by atoms with Crippen LogP contribution < -0.4 is 4.74 Å². The van der Waals surface area contributed by atoms with Gasteiger partial charge < -0.3 is 4.74 Å². The fraction of sp³-hybridized carbons (Fsp3) is 0.368. The highest BCUT2D eigenvalue weighted by atomic mass is 79.9. The summed E-state index contributed by atoms with van der Waals surface area (Å²) in [5, 5.41) is 1.46. The smallest absolute Gasteiger partial charge is 0.282 e. The molecular weight excluding hydrogens is 384 g/mol. The number of nitrogens with zero attached hydrogens (tertiary/aromatic N) is 2. The van der Waals surface area contributed by atoms with E-state index in [1.54, 1.807) is 12.3 Å². The molecule has 25 heavy (non-hydrogen) atoms. The first-order valence-electron chi connectivity index (χ1n) is 8.35. The van der Waals surface area contributed by atoms with Crippen molar-refractivity contribution in [2.24, 2.45) is 5.92 Å². The Morgan fingerprint density at radius 3 is 2.72 bits per heavy atom. The van der Waals surface area contributed by atoms with Crippen LogP contribution in [0, 0.1) is 5.92 Å². The average molecular weight is 405 g/mol. The molecule has 0 bridgehead atoms. The van der Waals surface area contributed by atoms with Crippen LogP contribution in [0.5, 0.6) is 5.88 Å². The molecule has 0 saturated heterocycles. The van der Waals surface area contributed by atoms with E-state index in [1.165, 1.54) is 18.6 Å². The Morgan fingerprint density at radius 2 is 2.08 bits per heavy atom. The van der Waals surface area contributed by atoms with Gasteiger partial charge in [-0.1, -0.05) is 36.8 Å². The highest BCUT2D eigenvalue weighted by Crippen LogP contribution is 2.29. The first kappa shape index (κ1) is 17.9. The molecule has 0 spiro atoms. The highest BCUT2D eigenvalue weighted by molar-refractivity contribution is 9.10. The third kappa shape index (κ3) is 4.58. The SMILES string of the molecule is COc1ncc(Br)cc1C(=O)N(CC1CCC1)OCc1ccccc1. The van der Waals surface area contributed by atoms with Gasteiger partial charge in [0.25, 0.3) is 5.91 Å². The van der Waals surface area contributed by atoms with Crippen LogP contribution in [-0.4, -0.2) is 29.6 Å². The third-order valence-electron chi connectivity index (χ3n) is 4.35. The first-order valence-corrected chi connectivity index (χ1v) is 9.15. The number of pyridine rings is 1. The largest absolute Gasteiger partial charge is 0.480 e. The zero-order chi connectivity index (χ0) is 17.6. The van der Waals surface area contributed by atoms with Crippen molar-refractivity contribution >= 4 is 21.8 Å². The van der Waals surface area contributed by atoms with Gasteiger partial charge in [0.05, 0.1) is 13.7 Å². The average Bonchev–Trinajstić information content (AvgIpc) is 2.60. The maximum absolute atomic E-state index is 13.0. The van der Waals surface area contributed by atoms with Gasteiger partial charge >= 0.3 is 0 Å². The molecule has 0 N–H and O–H groups in total. The summed E-state index contributed by atoms with van der Waals surface area (Å²) >= 11 is 3.36. The molecule has 1 aromatic heterocycles. The topological polar surface area (TPSA) is 51.7 Å². The molecule has 1 saturated carbocycles. The molecular formula is C19H21BrN2O3. The van der Waals surface area contributed by atoms with E-state index in [-0.39, 0.29) is 5.91 Å². The van der Waals surface area contributed by atoms with Crippen LogP contribution in [0.3, 0.4) is 0 Å². The number of methoxy groups -OCH3 is 1. The Bertz CT molecular complexity index is 720. The number of halogens is 1. The van der Waals surface area contributed by atoms with Crippen LogP contribution in [0.25, 0.3) is 0 Å². The molecule has 1 fully saturated rings. The highest BCUT2D eigenvalue weighted by Gasteiger charge is 2.27. The fourth-order valence-corrected chi connectivity index (χ4v) is 3.04. The van der Waals surface area contributed by atoms with Gasteiger partial charge in [0.15, 0.2) is 0 Å². The number of aromatic nitrogens is 1. The predicted molar refractivity (Wildman–Crippen MR) is 98.1 cm³/mol. The molecule has 1 aliphatic carbocycles. The number of hydrogen-bond donors (Lipinski definition) is 0. The fourth-order valence-electron chi connectivity index (χ4n) is 2.71. The van der Waals surface area contributed by atoms with Crippen molar-refractivity contribution in [2.45, 2.75) is 25.9 Å². The molecule has 6 heteroatoms. The van der Waals surface area contributed by atoms with Crippen LogP contribution in [0.4, 0.5) is 0 Å². The number of hydroxylamine groups is 2. The van der Waals surface area contributed by atoms with Crippen LogP contribution in [0.1, 0.15) is 35.2 Å². The molecule has 5 nitrogen and oxygen atoms in total. The van der Waals surface area contributed by atoms with Crippen molar-refractivity contribution in [1.29, 1.82) is 0 Å². The van der Waals surface area contributed by atoms with Crippen LogP contribution in [-0.2, 0) is 11.4 Å². The second-order valence-corrected chi connectivity index (χ2v) is 7.05. The zero-order valence-electron chi connectivity index (χ0n) is 14.2. The number of hydrogen-bond acceptors (Lipinski definition) is 4. The lowest BCUT2D eigenvalue weighted by atomic mass is 9.85. The van der Waals surface area contributed by atoms with E-state index >= 15 is 0 Å². The van der Waals surface area contributed by atoms with E-state index in [4.69, 9.17) is 9.57 Å². The lowest BCUT2D eigenvalue weighted by Crippen LogP contribution is -2.37. The molecule has 0 atom stereocenters. The van der Waals surface area contributed by atoms with E-state index in [0.29, 0.717) is 30.5 Å². The summed E-state index contributed by atoms with van der Waals surface area (Å²) in [4.78, 5) is 23.1. The summed E-state index contributed by atoms with van der Waals surface area (Å²) in [6.45, 7) is 0.935. The van der Waals surface area contributed by atoms with Gasteiger partial charge in [-0.2, -0.15) is 0 Å². The second kappa shape index (κ2) is 8.45. The van der Waals surface area contributed by atoms with Gasteiger partial charge in [-0.15, -0.1) is 0 Å². The van der Waals surface area contributed by atoms with Gasteiger partial charge in [-0.25, -0.2) is 10.0 Å². The molecule has 0 radical (unpaired) electrons. The summed E-state index contributed by atoms with van der Waals surface area (Å²) in [5.41, 5.74) is 1.41. The summed E-state index contributed by atoms with van der Waals surface area (Å²) in [5.74, 6) is 0.564. The summed E-state index contributed by atoms with van der Waals surface area (Å²) < 4.78 is 5.97. The minimum atomic E-state index is -0.228. The molecule has 2 aromatic rings. The Kier molecular flexibility index (Phi) is 6.04. The van der Waals surface area contributed by atoms with E-state index in [1.807, 2.05) is 30.3 Å². The Hall–Kier alpha value is -1.92. The molecule has 1 aromatic carbocycles. The van der Waals surface area contributed by atoms with Crippen LogP contribution >= 0.6 is 15.9 Å². The number of rotatable bonds is 7. The summed E-state index contributed by atoms with van der Waals surface area (Å²) in [6, 6.07) is 11.5. The number of amides is 1. The lowest BCUT2D eigenvalue weighted by Gasteiger charge is -2.31. The predicted octanol–water partition coefficient (Wildman–Crippen LogP) is 4.23. The van der Waals surface area contributed by atoms with Gasteiger partial charge in [0, 0.05) is 10.7 Å². The standard InChI is InChI=1S/C19H21BrN2O3/c1-24-18-17(10-16(20)11-21-18)19(23)22(12-14-8-5-9-14)25-13-15-6-3-2-4-7-15/h2-4,6-7,10-11,14H,5,8-9,12-13H2,1H3. The van der Waals surface area contributed by atoms with Gasteiger partial charge in [0.1, 0.15) is 12.2 Å². The maximum atomic E-state index is 13.0. The number of benzene rings is 1. The Balaban J connectivity index is 1.77. The van der Waals surface area contributed by atoms with Crippen molar-refractivity contribution in [1.82, 2.24) is 10.0 Å². The van der Waals surface area contributed by atoms with Crippen molar-refractivity contribution < 1.29 is 14.4 Å². The quantitative estimate of drug-likeness (QED) is 0.647. The number of carbonyl (C=O) groups excluding carboxylic acids is 1. The molecule has 3 rings (SSSR count). The van der Waals surface area contributed by atoms with Crippen molar-refractivity contribution in [2.75, 3.05) is 13.7 Å². The lowest BCUT2D eigenvalue weighted by molar-refractivity contribution is -0.144. The third-order valence-corrected chi connectivity index (χ3v) is 4.78. The first-order chi connectivity index (χ1) is 12.2. The van der Waals surface area contributed by atoms with Crippen LogP contribution in [0.15, 0.2) is 47.1 Å². The second-order valence-electron chi connectivity index (χ2n) is 6.13. The van der Waals surface area contributed by atoms with Gasteiger partial charge in [0.2, 0.25) is 5.88 Å². The molecule has 1 amide bonds. The Morgan fingerprint density at radius 1 is 1.32 bits per heavy atom. The van der Waals surface area contributed by atoms with Gasteiger partial charge in [-0.05, 0) is 46.3 Å². The number of carbonyl (C=O) groups is 1. The number of ether oxygens (including phenoxy) is 1. The van der Waals surface area contributed by atoms with Gasteiger partial charge in [-0.3, -0.25) is 9.63 Å². The molecule has 1 aliphatic rings.